The van der Waals surface area contributed by atoms with Crippen LogP contribution in [0.1, 0.15) is 26.3 Å². The lowest BCUT2D eigenvalue weighted by molar-refractivity contribution is -0.166. The minimum Gasteiger partial charge on any atom is -0.481 e. The number of hydrogen-bond acceptors (Lipinski definition) is 3. The van der Waals surface area contributed by atoms with E-state index in [1.807, 2.05) is 0 Å². The molecule has 4 nitrogen and oxygen atoms in total. The van der Waals surface area contributed by atoms with Crippen LogP contribution >= 0.6 is 11.6 Å². The molecule has 0 bridgehead atoms. The zero-order chi connectivity index (χ0) is 14.6. The molecular formula is C14H17ClO4. The molecule has 0 fully saturated rings. The molecule has 0 radical (unpaired) electrons. The minimum atomic E-state index is -1.22. The molecule has 0 aliphatic carbocycles. The standard InChI is InChI=1S/C14H17ClO4/c1-14(2,3)19-13(18)11(12(16)17)8-9-5-4-6-10(15)7-9/h4-7,11H,8H2,1-3H3,(H,16,17). The van der Waals surface area contributed by atoms with Gasteiger partial charge in [-0.2, -0.15) is 0 Å². The highest BCUT2D eigenvalue weighted by Crippen LogP contribution is 2.18. The van der Waals surface area contributed by atoms with E-state index in [0.717, 1.165) is 0 Å². The quantitative estimate of drug-likeness (QED) is 0.682. The van der Waals surface area contributed by atoms with E-state index in [9.17, 15) is 9.59 Å². The fourth-order valence-corrected chi connectivity index (χ4v) is 1.76. The number of halogens is 1. The Balaban J connectivity index is 2.84. The second-order valence-corrected chi connectivity index (χ2v) is 5.69. The molecular weight excluding hydrogens is 268 g/mol. The first kappa shape index (κ1) is 15.5. The van der Waals surface area contributed by atoms with Gasteiger partial charge in [-0.1, -0.05) is 23.7 Å². The Morgan fingerprint density at radius 2 is 2.00 bits per heavy atom. The minimum absolute atomic E-state index is 0.0603. The Morgan fingerprint density at radius 1 is 1.37 bits per heavy atom. The Morgan fingerprint density at radius 3 is 2.47 bits per heavy atom. The normalized spacial score (nSPS) is 12.8. The van der Waals surface area contributed by atoms with Crippen molar-refractivity contribution < 1.29 is 19.4 Å². The maximum absolute atomic E-state index is 11.9. The van der Waals surface area contributed by atoms with Crippen molar-refractivity contribution in [3.05, 3.63) is 34.9 Å². The second kappa shape index (κ2) is 6.06. The van der Waals surface area contributed by atoms with E-state index < -0.39 is 23.5 Å². The summed E-state index contributed by atoms with van der Waals surface area (Å²) in [4.78, 5) is 23.0. The summed E-state index contributed by atoms with van der Waals surface area (Å²) in [6.45, 7) is 5.09. The summed E-state index contributed by atoms with van der Waals surface area (Å²) in [5, 5.41) is 9.64. The maximum Gasteiger partial charge on any atom is 0.321 e. The van der Waals surface area contributed by atoms with E-state index in [-0.39, 0.29) is 6.42 Å². The lowest BCUT2D eigenvalue weighted by atomic mass is 9.99. The fourth-order valence-electron chi connectivity index (χ4n) is 1.54. The largest absolute Gasteiger partial charge is 0.481 e. The number of ether oxygens (including phenoxy) is 1. The molecule has 0 aliphatic heterocycles. The van der Waals surface area contributed by atoms with Crippen molar-refractivity contribution in [1.82, 2.24) is 0 Å². The van der Waals surface area contributed by atoms with Gasteiger partial charge in [0.1, 0.15) is 5.60 Å². The van der Waals surface area contributed by atoms with Gasteiger partial charge < -0.3 is 9.84 Å². The topological polar surface area (TPSA) is 63.6 Å². The summed E-state index contributed by atoms with van der Waals surface area (Å²) in [5.74, 6) is -3.16. The Bertz CT molecular complexity index is 477. The molecule has 1 rings (SSSR count). The van der Waals surface area contributed by atoms with Crippen molar-refractivity contribution in [2.75, 3.05) is 0 Å². The van der Waals surface area contributed by atoms with E-state index in [4.69, 9.17) is 21.4 Å². The van der Waals surface area contributed by atoms with E-state index in [2.05, 4.69) is 0 Å². The van der Waals surface area contributed by atoms with Crippen molar-refractivity contribution in [3.63, 3.8) is 0 Å². The van der Waals surface area contributed by atoms with Crippen LogP contribution in [-0.2, 0) is 20.7 Å². The van der Waals surface area contributed by atoms with E-state index >= 15 is 0 Å². The van der Waals surface area contributed by atoms with Crippen LogP contribution in [0.4, 0.5) is 0 Å². The average molecular weight is 285 g/mol. The van der Waals surface area contributed by atoms with Crippen molar-refractivity contribution in [3.8, 4) is 0 Å². The predicted octanol–water partition coefficient (Wildman–Crippen LogP) is 2.93. The highest BCUT2D eigenvalue weighted by molar-refractivity contribution is 6.30. The molecule has 5 heteroatoms. The van der Waals surface area contributed by atoms with Gasteiger partial charge >= 0.3 is 11.9 Å². The summed E-state index contributed by atoms with van der Waals surface area (Å²) in [6.07, 6.45) is 0.0603. The van der Waals surface area contributed by atoms with Gasteiger partial charge in [-0.05, 0) is 44.9 Å². The molecule has 0 spiro atoms. The third-order valence-electron chi connectivity index (χ3n) is 2.32. The molecule has 0 saturated carbocycles. The van der Waals surface area contributed by atoms with Crippen LogP contribution in [0.5, 0.6) is 0 Å². The van der Waals surface area contributed by atoms with Crippen molar-refractivity contribution in [2.45, 2.75) is 32.8 Å². The predicted molar refractivity (Wildman–Crippen MR) is 72.1 cm³/mol. The Labute approximate surface area is 117 Å². The number of rotatable bonds is 4. The molecule has 0 aliphatic rings. The van der Waals surface area contributed by atoms with Gasteiger partial charge in [0.15, 0.2) is 5.92 Å². The van der Waals surface area contributed by atoms with E-state index in [1.54, 1.807) is 45.0 Å². The third-order valence-corrected chi connectivity index (χ3v) is 2.55. The van der Waals surface area contributed by atoms with Gasteiger partial charge in [0.2, 0.25) is 0 Å². The molecule has 104 valence electrons. The van der Waals surface area contributed by atoms with Crippen LogP contribution in [0.15, 0.2) is 24.3 Å². The zero-order valence-corrected chi connectivity index (χ0v) is 11.9. The molecule has 0 heterocycles. The number of esters is 1. The molecule has 1 N–H and O–H groups in total. The summed E-state index contributed by atoms with van der Waals surface area (Å²) in [7, 11) is 0. The number of carbonyl (C=O) groups excluding carboxylic acids is 1. The lowest BCUT2D eigenvalue weighted by Gasteiger charge is -2.22. The van der Waals surface area contributed by atoms with Crippen LogP contribution in [0.25, 0.3) is 0 Å². The molecule has 1 aromatic carbocycles. The molecule has 1 atom stereocenters. The first-order chi connectivity index (χ1) is 8.69. The maximum atomic E-state index is 11.9. The van der Waals surface area contributed by atoms with Crippen LogP contribution in [-0.4, -0.2) is 22.6 Å². The molecule has 0 amide bonds. The van der Waals surface area contributed by atoms with Crippen LogP contribution in [0.2, 0.25) is 5.02 Å². The van der Waals surface area contributed by atoms with Crippen LogP contribution in [0.3, 0.4) is 0 Å². The highest BCUT2D eigenvalue weighted by Gasteiger charge is 2.31. The number of benzene rings is 1. The fraction of sp³-hybridized carbons (Fsp3) is 0.429. The summed E-state index contributed by atoms with van der Waals surface area (Å²) < 4.78 is 5.11. The smallest absolute Gasteiger partial charge is 0.321 e. The van der Waals surface area contributed by atoms with Crippen LogP contribution in [0, 0.1) is 5.92 Å². The number of aliphatic carboxylic acids is 1. The molecule has 0 aromatic heterocycles. The Hall–Kier alpha value is -1.55. The number of carboxylic acids is 1. The van der Waals surface area contributed by atoms with Crippen molar-refractivity contribution in [1.29, 1.82) is 0 Å². The average Bonchev–Trinajstić information content (AvgIpc) is 2.23. The molecule has 1 aromatic rings. The first-order valence-electron chi connectivity index (χ1n) is 5.89. The van der Waals surface area contributed by atoms with Gasteiger partial charge in [-0.25, -0.2) is 0 Å². The number of carbonyl (C=O) groups is 2. The summed E-state index contributed by atoms with van der Waals surface area (Å²) >= 11 is 5.83. The number of carboxylic acid groups (broad SMARTS) is 1. The summed E-state index contributed by atoms with van der Waals surface area (Å²) in [5.41, 5.74) is -0.0233. The van der Waals surface area contributed by atoms with Gasteiger partial charge in [0, 0.05) is 5.02 Å². The van der Waals surface area contributed by atoms with Gasteiger partial charge in [0.05, 0.1) is 0 Å². The Kier molecular flexibility index (Phi) is 4.95. The SMILES string of the molecule is CC(C)(C)OC(=O)C(Cc1cccc(Cl)c1)C(=O)O. The van der Waals surface area contributed by atoms with Gasteiger partial charge in [0.25, 0.3) is 0 Å². The van der Waals surface area contributed by atoms with E-state index in [1.165, 1.54) is 0 Å². The first-order valence-corrected chi connectivity index (χ1v) is 6.27. The molecule has 0 saturated heterocycles. The van der Waals surface area contributed by atoms with Crippen molar-refractivity contribution >= 4 is 23.5 Å². The second-order valence-electron chi connectivity index (χ2n) is 5.26. The van der Waals surface area contributed by atoms with Gasteiger partial charge in [-0.15, -0.1) is 0 Å². The highest BCUT2D eigenvalue weighted by atomic mass is 35.5. The van der Waals surface area contributed by atoms with Crippen LogP contribution < -0.4 is 0 Å². The van der Waals surface area contributed by atoms with Gasteiger partial charge in [-0.3, -0.25) is 9.59 Å². The third kappa shape index (κ3) is 5.30. The van der Waals surface area contributed by atoms with E-state index in [0.29, 0.717) is 10.6 Å². The molecule has 1 unspecified atom stereocenters. The monoisotopic (exact) mass is 284 g/mol. The zero-order valence-electron chi connectivity index (χ0n) is 11.1. The van der Waals surface area contributed by atoms with Crippen molar-refractivity contribution in [2.24, 2.45) is 5.92 Å². The lowest BCUT2D eigenvalue weighted by Crippen LogP contribution is -2.33. The summed E-state index contributed by atoms with van der Waals surface area (Å²) in [6, 6.07) is 6.77. The number of hydrogen-bond donors (Lipinski definition) is 1. The molecule has 19 heavy (non-hydrogen) atoms.